The topological polar surface area (TPSA) is 44.8 Å². The third-order valence-corrected chi connectivity index (χ3v) is 6.11. The molecule has 0 fully saturated rings. The van der Waals surface area contributed by atoms with Gasteiger partial charge in [0.1, 0.15) is 17.2 Å². The molecular weight excluding hydrogens is 436 g/mol. The van der Waals surface area contributed by atoms with E-state index in [1.807, 2.05) is 24.3 Å². The number of benzene rings is 2. The van der Waals surface area contributed by atoms with Gasteiger partial charge in [0, 0.05) is 0 Å². The normalized spacial score (nSPS) is 12.0. The van der Waals surface area contributed by atoms with Crippen molar-refractivity contribution in [1.82, 2.24) is 0 Å². The van der Waals surface area contributed by atoms with Crippen LogP contribution in [0.25, 0.3) is 0 Å². The first-order chi connectivity index (χ1) is 17.1. The van der Waals surface area contributed by atoms with Gasteiger partial charge in [-0.25, -0.2) is 4.79 Å². The fraction of sp³-hybridized carbons (Fsp3) is 0.516. The van der Waals surface area contributed by atoms with Gasteiger partial charge in [0.2, 0.25) is 0 Å². The van der Waals surface area contributed by atoms with Crippen molar-refractivity contribution in [3.63, 3.8) is 0 Å². The van der Waals surface area contributed by atoms with Crippen molar-refractivity contribution < 1.29 is 19.0 Å². The fourth-order valence-corrected chi connectivity index (χ4v) is 3.59. The molecule has 0 aromatic heterocycles. The minimum atomic E-state index is -0.385. The molecule has 0 bridgehead atoms. The summed E-state index contributed by atoms with van der Waals surface area (Å²) in [5.74, 6) is 2.41. The molecule has 35 heavy (non-hydrogen) atoms. The first kappa shape index (κ1) is 28.5. The van der Waals surface area contributed by atoms with Crippen LogP contribution in [0.1, 0.15) is 95.3 Å². The second-order valence-electron chi connectivity index (χ2n) is 9.20. The molecule has 2 aromatic rings. The third-order valence-electron chi connectivity index (χ3n) is 6.11. The third kappa shape index (κ3) is 12.5. The van der Waals surface area contributed by atoms with Crippen LogP contribution in [0.3, 0.4) is 0 Å². The monoisotopic (exact) mass is 480 g/mol. The number of carbonyl (C=O) groups excluding carboxylic acids is 1. The summed E-state index contributed by atoms with van der Waals surface area (Å²) in [6.45, 7) is 8.09. The van der Waals surface area contributed by atoms with Crippen LogP contribution in [0.2, 0.25) is 0 Å². The number of carbonyl (C=O) groups is 1. The van der Waals surface area contributed by atoms with Crippen molar-refractivity contribution in [3.8, 4) is 17.2 Å². The molecule has 0 N–H and O–H groups in total. The van der Waals surface area contributed by atoms with Crippen LogP contribution in [0.5, 0.6) is 17.2 Å². The molecule has 0 aliphatic rings. The van der Waals surface area contributed by atoms with Crippen molar-refractivity contribution in [2.45, 2.75) is 85.0 Å². The number of rotatable bonds is 18. The number of allylic oxidation sites excluding steroid dienone is 2. The Balaban J connectivity index is 1.64. The van der Waals surface area contributed by atoms with Gasteiger partial charge in [-0.15, -0.1) is 0 Å². The molecule has 0 heterocycles. The molecule has 4 heteroatoms. The Bertz CT molecular complexity index is 839. The molecule has 0 saturated heterocycles. The van der Waals surface area contributed by atoms with E-state index in [1.165, 1.54) is 38.5 Å². The van der Waals surface area contributed by atoms with Gasteiger partial charge in [0.15, 0.2) is 0 Å². The SMILES string of the molecule is CCCCC/C=C\CCCCOc1ccc(OC(=O)c2ccc(OCCC[C@@H](C)CC)cc2)cc1. The molecule has 0 unspecified atom stereocenters. The Hall–Kier alpha value is -2.75. The maximum Gasteiger partial charge on any atom is 0.343 e. The van der Waals surface area contributed by atoms with E-state index in [1.54, 1.807) is 24.3 Å². The van der Waals surface area contributed by atoms with E-state index in [-0.39, 0.29) is 5.97 Å². The Morgan fingerprint density at radius 3 is 1.89 bits per heavy atom. The molecule has 0 saturated carbocycles. The smallest absolute Gasteiger partial charge is 0.343 e. The van der Waals surface area contributed by atoms with Gasteiger partial charge in [-0.1, -0.05) is 52.2 Å². The van der Waals surface area contributed by atoms with E-state index in [9.17, 15) is 4.79 Å². The molecule has 2 aromatic carbocycles. The van der Waals surface area contributed by atoms with Crippen LogP contribution in [0.15, 0.2) is 60.7 Å². The van der Waals surface area contributed by atoms with Crippen molar-refractivity contribution in [2.24, 2.45) is 5.92 Å². The summed E-state index contributed by atoms with van der Waals surface area (Å²) in [6, 6.07) is 14.3. The van der Waals surface area contributed by atoms with E-state index >= 15 is 0 Å². The summed E-state index contributed by atoms with van der Waals surface area (Å²) < 4.78 is 17.1. The lowest BCUT2D eigenvalue weighted by molar-refractivity contribution is 0.0734. The Kier molecular flexibility index (Phi) is 14.4. The molecule has 0 amide bonds. The first-order valence-corrected chi connectivity index (χ1v) is 13.4. The summed E-state index contributed by atoms with van der Waals surface area (Å²) >= 11 is 0. The van der Waals surface area contributed by atoms with Crippen molar-refractivity contribution in [1.29, 1.82) is 0 Å². The quantitative estimate of drug-likeness (QED) is 0.0925. The summed E-state index contributed by atoms with van der Waals surface area (Å²) in [5, 5.41) is 0. The number of esters is 1. The number of hydrogen-bond donors (Lipinski definition) is 0. The largest absolute Gasteiger partial charge is 0.494 e. The second kappa shape index (κ2) is 17.7. The Morgan fingerprint density at radius 1 is 0.743 bits per heavy atom. The van der Waals surface area contributed by atoms with Crippen LogP contribution >= 0.6 is 0 Å². The molecule has 0 aliphatic heterocycles. The van der Waals surface area contributed by atoms with E-state index in [0.29, 0.717) is 24.5 Å². The summed E-state index contributed by atoms with van der Waals surface area (Å²) in [4.78, 5) is 12.4. The summed E-state index contributed by atoms with van der Waals surface area (Å²) in [5.41, 5.74) is 0.497. The molecule has 0 spiro atoms. The average Bonchev–Trinajstić information content (AvgIpc) is 2.88. The van der Waals surface area contributed by atoms with Gasteiger partial charge in [-0.05, 0) is 99.4 Å². The average molecular weight is 481 g/mol. The zero-order valence-corrected chi connectivity index (χ0v) is 22.0. The summed E-state index contributed by atoms with van der Waals surface area (Å²) in [7, 11) is 0. The van der Waals surface area contributed by atoms with Crippen molar-refractivity contribution in [2.75, 3.05) is 13.2 Å². The van der Waals surface area contributed by atoms with Gasteiger partial charge >= 0.3 is 5.97 Å². The van der Waals surface area contributed by atoms with Crippen LogP contribution in [0.4, 0.5) is 0 Å². The van der Waals surface area contributed by atoms with Gasteiger partial charge in [0.05, 0.1) is 18.8 Å². The molecule has 1 atom stereocenters. The fourth-order valence-electron chi connectivity index (χ4n) is 3.59. The van der Waals surface area contributed by atoms with Gasteiger partial charge in [-0.2, -0.15) is 0 Å². The molecular formula is C31H44O4. The predicted molar refractivity (Wildman–Crippen MR) is 145 cm³/mol. The standard InChI is InChI=1S/C31H44O4/c1-4-6-7-8-9-10-11-12-13-24-33-29-20-22-30(23-21-29)35-31(32)27-16-18-28(19-17-27)34-25-14-15-26(3)5-2/h9-10,16-23,26H,4-8,11-15,24-25H2,1-3H3/b10-9-/t26-/m0/s1. The second-order valence-corrected chi connectivity index (χ2v) is 9.20. The van der Waals surface area contributed by atoms with Crippen LogP contribution < -0.4 is 14.2 Å². The predicted octanol–water partition coefficient (Wildman–Crippen LogP) is 8.80. The number of ether oxygens (including phenoxy) is 3. The first-order valence-electron chi connectivity index (χ1n) is 13.4. The number of hydrogen-bond acceptors (Lipinski definition) is 4. The van der Waals surface area contributed by atoms with Crippen LogP contribution in [-0.4, -0.2) is 19.2 Å². The lowest BCUT2D eigenvalue weighted by Crippen LogP contribution is -2.08. The lowest BCUT2D eigenvalue weighted by atomic mass is 10.0. The van der Waals surface area contributed by atoms with E-state index in [4.69, 9.17) is 14.2 Å². The van der Waals surface area contributed by atoms with E-state index in [0.717, 1.165) is 43.1 Å². The summed E-state index contributed by atoms with van der Waals surface area (Å²) in [6.07, 6.45) is 16.3. The maximum atomic E-state index is 12.4. The van der Waals surface area contributed by atoms with E-state index < -0.39 is 0 Å². The minimum absolute atomic E-state index is 0.385. The molecule has 2 rings (SSSR count). The number of unbranched alkanes of at least 4 members (excludes halogenated alkanes) is 5. The highest BCUT2D eigenvalue weighted by Gasteiger charge is 2.09. The molecule has 192 valence electrons. The van der Waals surface area contributed by atoms with Gasteiger partial charge in [-0.3, -0.25) is 0 Å². The lowest BCUT2D eigenvalue weighted by Gasteiger charge is -2.10. The molecule has 0 radical (unpaired) electrons. The Labute approximate surface area is 212 Å². The van der Waals surface area contributed by atoms with Crippen molar-refractivity contribution >= 4 is 5.97 Å². The highest BCUT2D eigenvalue weighted by molar-refractivity contribution is 5.91. The highest BCUT2D eigenvalue weighted by Crippen LogP contribution is 2.20. The molecule has 4 nitrogen and oxygen atoms in total. The molecule has 0 aliphatic carbocycles. The minimum Gasteiger partial charge on any atom is -0.494 e. The van der Waals surface area contributed by atoms with Gasteiger partial charge < -0.3 is 14.2 Å². The van der Waals surface area contributed by atoms with Gasteiger partial charge in [0.25, 0.3) is 0 Å². The zero-order valence-electron chi connectivity index (χ0n) is 22.0. The maximum absolute atomic E-state index is 12.4. The highest BCUT2D eigenvalue weighted by atomic mass is 16.5. The van der Waals surface area contributed by atoms with Crippen molar-refractivity contribution in [3.05, 3.63) is 66.2 Å². The van der Waals surface area contributed by atoms with E-state index in [2.05, 4.69) is 32.9 Å². The van der Waals surface area contributed by atoms with Crippen LogP contribution in [0, 0.1) is 5.92 Å². The zero-order chi connectivity index (χ0) is 25.1. The Morgan fingerprint density at radius 2 is 1.29 bits per heavy atom. The van der Waals surface area contributed by atoms with Crippen LogP contribution in [-0.2, 0) is 0 Å².